The van der Waals surface area contributed by atoms with Crippen LogP contribution in [0.4, 0.5) is 0 Å². The fourth-order valence-corrected chi connectivity index (χ4v) is 6.14. The van der Waals surface area contributed by atoms with Crippen molar-refractivity contribution < 1.29 is 0 Å². The van der Waals surface area contributed by atoms with E-state index in [1.54, 1.807) is 30.5 Å². The summed E-state index contributed by atoms with van der Waals surface area (Å²) in [5.74, 6) is 1.54. The smallest absolute Gasteiger partial charge is 0.198 e. The number of aryl methyl sites for hydroxylation is 1. The van der Waals surface area contributed by atoms with Crippen molar-refractivity contribution in [3.05, 3.63) is 53.9 Å². The van der Waals surface area contributed by atoms with Gasteiger partial charge in [-0.05, 0) is 54.6 Å². The highest BCUT2D eigenvalue weighted by molar-refractivity contribution is 7.99. The topological polar surface area (TPSA) is 69.4 Å². The van der Waals surface area contributed by atoms with Crippen LogP contribution >= 0.6 is 23.1 Å². The molecular formula is C21H20N6S2. The molecule has 0 aromatic carbocycles. The Morgan fingerprint density at radius 3 is 2.97 bits per heavy atom. The lowest BCUT2D eigenvalue weighted by atomic mass is 9.89. The predicted octanol–water partition coefficient (Wildman–Crippen LogP) is 4.81. The SMILES string of the molecule is C=CCn1c(Sc2ncnc3sc4c(c23)CCC(C)C4)nnc1-c1ccncc1. The Morgan fingerprint density at radius 2 is 2.14 bits per heavy atom. The van der Waals surface area contributed by atoms with Crippen LogP contribution in [-0.4, -0.2) is 29.7 Å². The van der Waals surface area contributed by atoms with Crippen molar-refractivity contribution in [2.24, 2.45) is 5.92 Å². The molecule has 0 fully saturated rings. The first-order valence-corrected chi connectivity index (χ1v) is 11.3. The van der Waals surface area contributed by atoms with Crippen LogP contribution in [0.25, 0.3) is 21.6 Å². The van der Waals surface area contributed by atoms with Crippen LogP contribution in [0.1, 0.15) is 23.8 Å². The van der Waals surface area contributed by atoms with Crippen molar-refractivity contribution in [3.8, 4) is 11.4 Å². The maximum absolute atomic E-state index is 4.63. The van der Waals surface area contributed by atoms with E-state index in [0.29, 0.717) is 6.54 Å². The summed E-state index contributed by atoms with van der Waals surface area (Å²) in [6.45, 7) is 6.85. The normalized spacial score (nSPS) is 16.1. The van der Waals surface area contributed by atoms with Gasteiger partial charge < -0.3 is 0 Å². The number of hydrogen-bond donors (Lipinski definition) is 0. The molecule has 1 unspecified atom stereocenters. The van der Waals surface area contributed by atoms with Gasteiger partial charge in [-0.15, -0.1) is 28.1 Å². The summed E-state index contributed by atoms with van der Waals surface area (Å²) < 4.78 is 2.07. The van der Waals surface area contributed by atoms with E-state index >= 15 is 0 Å². The van der Waals surface area contributed by atoms with Crippen LogP contribution in [0.3, 0.4) is 0 Å². The first kappa shape index (κ1) is 18.4. The molecule has 0 N–H and O–H groups in total. The minimum atomic E-state index is 0.625. The Kier molecular flexibility index (Phi) is 4.89. The summed E-state index contributed by atoms with van der Waals surface area (Å²) >= 11 is 3.37. The number of aromatic nitrogens is 6. The molecule has 29 heavy (non-hydrogen) atoms. The Bertz CT molecular complexity index is 1180. The Balaban J connectivity index is 1.58. The van der Waals surface area contributed by atoms with Crippen LogP contribution in [0, 0.1) is 5.92 Å². The molecule has 4 heterocycles. The van der Waals surface area contributed by atoms with Gasteiger partial charge in [0.1, 0.15) is 16.2 Å². The van der Waals surface area contributed by atoms with Gasteiger partial charge in [0.25, 0.3) is 0 Å². The Labute approximate surface area is 177 Å². The highest BCUT2D eigenvalue weighted by Crippen LogP contribution is 2.42. The minimum absolute atomic E-state index is 0.625. The number of allylic oxidation sites excluding steroid dienone is 1. The summed E-state index contributed by atoms with van der Waals surface area (Å²) in [5.41, 5.74) is 2.41. The maximum atomic E-state index is 4.63. The Morgan fingerprint density at radius 1 is 1.28 bits per heavy atom. The molecule has 1 atom stereocenters. The van der Waals surface area contributed by atoms with Gasteiger partial charge in [0.05, 0.1) is 0 Å². The third kappa shape index (κ3) is 3.36. The van der Waals surface area contributed by atoms with Crippen molar-refractivity contribution in [2.45, 2.75) is 42.9 Å². The van der Waals surface area contributed by atoms with Crippen molar-refractivity contribution in [1.82, 2.24) is 29.7 Å². The average molecular weight is 421 g/mol. The molecule has 6 nitrogen and oxygen atoms in total. The number of nitrogens with zero attached hydrogens (tertiary/aromatic N) is 6. The standard InChI is InChI=1S/C21H20N6S2/c1-3-10-27-18(14-6-8-22-9-7-14)25-26-21(27)29-20-17-15-5-4-13(2)11-16(15)28-19(17)23-12-24-20/h3,6-9,12-13H,1,4-5,10-11H2,2H3. The van der Waals surface area contributed by atoms with Crippen LogP contribution in [0.5, 0.6) is 0 Å². The van der Waals surface area contributed by atoms with Crippen molar-refractivity contribution >= 4 is 33.3 Å². The second kappa shape index (κ2) is 7.68. The maximum Gasteiger partial charge on any atom is 0.198 e. The number of fused-ring (bicyclic) bond motifs is 3. The van der Waals surface area contributed by atoms with Gasteiger partial charge >= 0.3 is 0 Å². The van der Waals surface area contributed by atoms with Crippen molar-refractivity contribution in [2.75, 3.05) is 0 Å². The third-order valence-electron chi connectivity index (χ3n) is 5.21. The second-order valence-corrected chi connectivity index (χ2v) is 9.29. The van der Waals surface area contributed by atoms with E-state index in [0.717, 1.165) is 45.2 Å². The molecule has 8 heteroatoms. The summed E-state index contributed by atoms with van der Waals surface area (Å²) in [6.07, 6.45) is 10.5. The first-order valence-electron chi connectivity index (χ1n) is 9.62. The molecule has 4 aromatic rings. The van der Waals surface area contributed by atoms with Crippen molar-refractivity contribution in [3.63, 3.8) is 0 Å². The molecular weight excluding hydrogens is 400 g/mol. The molecule has 1 aliphatic carbocycles. The lowest BCUT2D eigenvalue weighted by molar-refractivity contribution is 0.509. The highest BCUT2D eigenvalue weighted by atomic mass is 32.2. The third-order valence-corrected chi connectivity index (χ3v) is 7.36. The molecule has 0 amide bonds. The summed E-state index contributed by atoms with van der Waals surface area (Å²) in [4.78, 5) is 15.8. The molecule has 1 aliphatic rings. The molecule has 0 bridgehead atoms. The van der Waals surface area contributed by atoms with Gasteiger partial charge in [-0.2, -0.15) is 0 Å². The van der Waals surface area contributed by atoms with E-state index in [2.05, 4.69) is 43.2 Å². The highest BCUT2D eigenvalue weighted by Gasteiger charge is 2.24. The fraction of sp³-hybridized carbons (Fsp3) is 0.286. The quantitative estimate of drug-likeness (QED) is 0.341. The van der Waals surface area contributed by atoms with Crippen LogP contribution in [0.2, 0.25) is 0 Å². The van der Waals surface area contributed by atoms with Crippen molar-refractivity contribution in [1.29, 1.82) is 0 Å². The fourth-order valence-electron chi connectivity index (χ4n) is 3.78. The molecule has 0 aliphatic heterocycles. The molecule has 5 rings (SSSR count). The number of hydrogen-bond acceptors (Lipinski definition) is 7. The van der Waals surface area contributed by atoms with E-state index in [1.165, 1.54) is 22.2 Å². The van der Waals surface area contributed by atoms with Gasteiger partial charge in [0.15, 0.2) is 11.0 Å². The van der Waals surface area contributed by atoms with Gasteiger partial charge in [-0.3, -0.25) is 9.55 Å². The zero-order valence-electron chi connectivity index (χ0n) is 16.1. The first-order chi connectivity index (χ1) is 14.2. The molecule has 0 radical (unpaired) electrons. The average Bonchev–Trinajstić information content (AvgIpc) is 3.30. The number of thiophene rings is 1. The van der Waals surface area contributed by atoms with E-state index < -0.39 is 0 Å². The van der Waals surface area contributed by atoms with Crippen LogP contribution in [-0.2, 0) is 19.4 Å². The van der Waals surface area contributed by atoms with Gasteiger partial charge in [0, 0.05) is 34.8 Å². The lowest BCUT2D eigenvalue weighted by Crippen LogP contribution is -2.08. The van der Waals surface area contributed by atoms with Gasteiger partial charge in [0.2, 0.25) is 0 Å². The monoisotopic (exact) mass is 420 g/mol. The Hall–Kier alpha value is -2.58. The van der Waals surface area contributed by atoms with E-state index in [-0.39, 0.29) is 0 Å². The zero-order chi connectivity index (χ0) is 19.8. The van der Waals surface area contributed by atoms with Gasteiger partial charge in [-0.25, -0.2) is 9.97 Å². The minimum Gasteiger partial charge on any atom is -0.298 e. The molecule has 0 saturated heterocycles. The predicted molar refractivity (Wildman–Crippen MR) is 116 cm³/mol. The molecule has 4 aromatic heterocycles. The molecule has 0 spiro atoms. The van der Waals surface area contributed by atoms with Crippen LogP contribution in [0.15, 0.2) is 53.7 Å². The van der Waals surface area contributed by atoms with E-state index in [4.69, 9.17) is 0 Å². The van der Waals surface area contributed by atoms with E-state index in [9.17, 15) is 0 Å². The number of pyridine rings is 1. The second-order valence-electron chi connectivity index (χ2n) is 7.25. The van der Waals surface area contributed by atoms with Gasteiger partial charge in [-0.1, -0.05) is 13.0 Å². The van der Waals surface area contributed by atoms with Crippen LogP contribution < -0.4 is 0 Å². The largest absolute Gasteiger partial charge is 0.298 e. The molecule has 0 saturated carbocycles. The number of rotatable bonds is 5. The lowest BCUT2D eigenvalue weighted by Gasteiger charge is -2.18. The summed E-state index contributed by atoms with van der Waals surface area (Å²) in [5, 5.41) is 11.9. The summed E-state index contributed by atoms with van der Waals surface area (Å²) in [6, 6.07) is 3.88. The zero-order valence-corrected chi connectivity index (χ0v) is 17.7. The van der Waals surface area contributed by atoms with E-state index in [1.807, 2.05) is 29.5 Å². The molecule has 146 valence electrons. The summed E-state index contributed by atoms with van der Waals surface area (Å²) in [7, 11) is 0.